The van der Waals surface area contributed by atoms with Crippen LogP contribution < -0.4 is 0 Å². The van der Waals surface area contributed by atoms with Gasteiger partial charge in [0.15, 0.2) is 4.98 Å². The minimum Gasteiger partial charge on any atom is -0.356 e. The molecule has 0 saturated carbocycles. The van der Waals surface area contributed by atoms with Crippen molar-refractivity contribution in [2.45, 2.75) is 90.4 Å². The molecule has 0 radical (unpaired) electrons. The molecule has 6 heteroatoms. The third kappa shape index (κ3) is 15.4. The van der Waals surface area contributed by atoms with E-state index in [1.807, 2.05) is 18.2 Å². The van der Waals surface area contributed by atoms with E-state index in [1.54, 1.807) is 0 Å². The van der Waals surface area contributed by atoms with Crippen LogP contribution in [0, 0.1) is 20.7 Å². The minimum atomic E-state index is -1.75. The molecule has 0 aliphatic heterocycles. The first-order valence-electron chi connectivity index (χ1n) is 9.86. The Balaban J connectivity index is 0.00000141. The standard InChI is InChI=1S/C20H33N2.NO3/c1-2-3-4-5-6-7-8-9-10-11-12-13-16-19-17-14-15-18-20(19)22-21;2-1(3)4/h14-15,17-18H,2-13,16H2,1H3;/q+1;-1. The summed E-state index contributed by atoms with van der Waals surface area (Å²) < 4.78 is 0. The van der Waals surface area contributed by atoms with Gasteiger partial charge in [-0.15, -0.1) is 0 Å². The van der Waals surface area contributed by atoms with E-state index in [1.165, 1.54) is 77.0 Å². The molecule has 0 aliphatic rings. The number of nitrogens with zero attached hydrogens (tertiary/aromatic N) is 3. The first kappa shape index (κ1) is 23.8. The number of benzene rings is 1. The molecule has 1 aromatic rings. The fraction of sp³-hybridized carbons (Fsp3) is 0.700. The minimum absolute atomic E-state index is 0.727. The number of unbranched alkanes of at least 4 members (excludes halogenated alkanes) is 11. The van der Waals surface area contributed by atoms with Gasteiger partial charge in [0, 0.05) is 11.6 Å². The largest absolute Gasteiger partial charge is 0.388 e. The Morgan fingerprint density at radius 3 is 1.73 bits per heavy atom. The van der Waals surface area contributed by atoms with Crippen molar-refractivity contribution in [3.63, 3.8) is 0 Å². The lowest BCUT2D eigenvalue weighted by Gasteiger charge is -2.02. The maximum atomic E-state index is 8.93. The number of hydrogen-bond donors (Lipinski definition) is 0. The summed E-state index contributed by atoms with van der Waals surface area (Å²) in [5.41, 5.74) is 1.89. The molecule has 26 heavy (non-hydrogen) atoms. The van der Waals surface area contributed by atoms with E-state index in [0.29, 0.717) is 0 Å². The molecule has 0 N–H and O–H groups in total. The molecule has 0 bridgehead atoms. The fourth-order valence-corrected chi connectivity index (χ4v) is 2.98. The highest BCUT2D eigenvalue weighted by Crippen LogP contribution is 2.21. The zero-order valence-corrected chi connectivity index (χ0v) is 16.1. The summed E-state index contributed by atoms with van der Waals surface area (Å²) in [6.45, 7) is 2.27. The highest BCUT2D eigenvalue weighted by Gasteiger charge is 2.10. The van der Waals surface area contributed by atoms with E-state index in [9.17, 15) is 0 Å². The van der Waals surface area contributed by atoms with Crippen LogP contribution in [-0.2, 0) is 6.42 Å². The molecule has 1 rings (SSSR count). The molecule has 0 aromatic heterocycles. The van der Waals surface area contributed by atoms with Gasteiger partial charge in [-0.25, -0.2) is 0 Å². The normalized spacial score (nSPS) is 9.85. The van der Waals surface area contributed by atoms with E-state index in [4.69, 9.17) is 20.7 Å². The van der Waals surface area contributed by atoms with Gasteiger partial charge >= 0.3 is 5.69 Å². The Morgan fingerprint density at radius 2 is 1.27 bits per heavy atom. The summed E-state index contributed by atoms with van der Waals surface area (Å²) in [6.07, 6.45) is 17.5. The van der Waals surface area contributed by atoms with Crippen LogP contribution in [0.3, 0.4) is 0 Å². The third-order valence-electron chi connectivity index (χ3n) is 4.40. The fourth-order valence-electron chi connectivity index (χ4n) is 2.98. The van der Waals surface area contributed by atoms with Gasteiger partial charge in [0.1, 0.15) is 0 Å². The van der Waals surface area contributed by atoms with Gasteiger partial charge in [-0.3, -0.25) is 0 Å². The van der Waals surface area contributed by atoms with Gasteiger partial charge in [-0.05, 0) is 12.8 Å². The first-order chi connectivity index (χ1) is 12.6. The van der Waals surface area contributed by atoms with Crippen molar-refractivity contribution in [2.75, 3.05) is 0 Å². The molecule has 0 saturated heterocycles. The van der Waals surface area contributed by atoms with Crippen molar-refractivity contribution in [3.8, 4) is 0 Å². The van der Waals surface area contributed by atoms with Gasteiger partial charge < -0.3 is 15.3 Å². The van der Waals surface area contributed by atoms with E-state index in [2.05, 4.69) is 18.0 Å². The first-order valence-corrected chi connectivity index (χ1v) is 9.86. The Labute approximate surface area is 157 Å². The second-order valence-corrected chi connectivity index (χ2v) is 6.59. The predicted molar refractivity (Wildman–Crippen MR) is 106 cm³/mol. The Bertz CT molecular complexity index is 511. The number of rotatable bonds is 13. The zero-order valence-electron chi connectivity index (χ0n) is 16.1. The topological polar surface area (TPSA) is 94.3 Å². The average Bonchev–Trinajstić information content (AvgIpc) is 2.62. The maximum absolute atomic E-state index is 8.93. The SMILES string of the molecule is CCCCCCCCCCCCCCc1ccccc1[N+]#N.O=[N+]([O-])[O-]. The number of aryl methyl sites for hydroxylation is 1. The lowest BCUT2D eigenvalue weighted by atomic mass is 10.0. The van der Waals surface area contributed by atoms with Crippen molar-refractivity contribution >= 4 is 5.69 Å². The van der Waals surface area contributed by atoms with Crippen LogP contribution in [0.25, 0.3) is 4.98 Å². The highest BCUT2D eigenvalue weighted by atomic mass is 16.9. The summed E-state index contributed by atoms with van der Waals surface area (Å²) >= 11 is 0. The molecule has 0 fully saturated rings. The van der Waals surface area contributed by atoms with E-state index in [-0.39, 0.29) is 0 Å². The van der Waals surface area contributed by atoms with Crippen molar-refractivity contribution in [2.24, 2.45) is 0 Å². The molecule has 0 spiro atoms. The highest BCUT2D eigenvalue weighted by molar-refractivity contribution is 5.51. The summed E-state index contributed by atoms with van der Waals surface area (Å²) in [4.78, 5) is 11.6. The van der Waals surface area contributed by atoms with Crippen LogP contribution in [0.2, 0.25) is 0 Å². The van der Waals surface area contributed by atoms with Crippen molar-refractivity contribution in [1.82, 2.24) is 0 Å². The molecule has 0 atom stereocenters. The summed E-state index contributed by atoms with van der Waals surface area (Å²) in [6, 6.07) is 7.87. The lowest BCUT2D eigenvalue weighted by Crippen LogP contribution is -1.87. The van der Waals surface area contributed by atoms with Crippen LogP contribution in [0.1, 0.15) is 89.5 Å². The molecular weight excluding hydrogens is 330 g/mol. The monoisotopic (exact) mass is 363 g/mol. The van der Waals surface area contributed by atoms with Crippen LogP contribution in [-0.4, -0.2) is 5.09 Å². The molecule has 0 heterocycles. The van der Waals surface area contributed by atoms with Gasteiger partial charge in [-0.2, -0.15) is 0 Å². The van der Waals surface area contributed by atoms with Crippen LogP contribution in [0.15, 0.2) is 24.3 Å². The molecular formula is C20H33N3O3. The van der Waals surface area contributed by atoms with Gasteiger partial charge in [0.2, 0.25) is 5.39 Å². The molecule has 146 valence electrons. The van der Waals surface area contributed by atoms with E-state index >= 15 is 0 Å². The molecule has 1 aromatic carbocycles. The summed E-state index contributed by atoms with van der Waals surface area (Å²) in [7, 11) is 0. The zero-order chi connectivity index (χ0) is 19.5. The Kier molecular flexibility index (Phi) is 16.2. The molecule has 0 unspecified atom stereocenters. The van der Waals surface area contributed by atoms with Gasteiger partial charge in [-0.1, -0.05) is 95.8 Å². The average molecular weight is 364 g/mol. The maximum Gasteiger partial charge on any atom is 0.388 e. The van der Waals surface area contributed by atoms with E-state index in [0.717, 1.165) is 17.7 Å². The van der Waals surface area contributed by atoms with Crippen molar-refractivity contribution in [1.29, 1.82) is 5.39 Å². The van der Waals surface area contributed by atoms with E-state index < -0.39 is 5.09 Å². The lowest BCUT2D eigenvalue weighted by molar-refractivity contribution is -0.402. The second kappa shape index (κ2) is 17.7. The summed E-state index contributed by atoms with van der Waals surface area (Å²) in [5, 5.41) is 23.7. The molecule has 0 amide bonds. The van der Waals surface area contributed by atoms with Gasteiger partial charge in [0.05, 0.1) is 5.09 Å². The Morgan fingerprint density at radius 1 is 0.846 bits per heavy atom. The third-order valence-corrected chi connectivity index (χ3v) is 4.40. The number of diazo groups is 1. The van der Waals surface area contributed by atoms with Crippen molar-refractivity contribution in [3.05, 3.63) is 50.1 Å². The second-order valence-electron chi connectivity index (χ2n) is 6.59. The summed E-state index contributed by atoms with van der Waals surface area (Å²) in [5.74, 6) is 0. The molecule has 6 nitrogen and oxygen atoms in total. The van der Waals surface area contributed by atoms with Crippen LogP contribution in [0.5, 0.6) is 0 Å². The smallest absolute Gasteiger partial charge is 0.356 e. The Hall–Kier alpha value is -2.16. The number of hydrogen-bond acceptors (Lipinski definition) is 4. The van der Waals surface area contributed by atoms with Crippen molar-refractivity contribution < 1.29 is 5.09 Å². The quantitative estimate of drug-likeness (QED) is 0.160. The molecule has 0 aliphatic carbocycles. The van der Waals surface area contributed by atoms with Crippen LogP contribution in [0.4, 0.5) is 5.69 Å². The van der Waals surface area contributed by atoms with Gasteiger partial charge in [0.25, 0.3) is 0 Å². The van der Waals surface area contributed by atoms with Crippen LogP contribution >= 0.6 is 0 Å². The predicted octanol–water partition coefficient (Wildman–Crippen LogP) is 7.18.